The highest BCUT2D eigenvalue weighted by Gasteiger charge is 2.13. The fourth-order valence-electron chi connectivity index (χ4n) is 2.02. The highest BCUT2D eigenvalue weighted by atomic mass is 19.1. The van der Waals surface area contributed by atoms with Gasteiger partial charge in [-0.2, -0.15) is 0 Å². The number of hydrogen-bond donors (Lipinski definition) is 2. The summed E-state index contributed by atoms with van der Waals surface area (Å²) < 4.78 is 13.4. The standard InChI is InChI=1S/C17H17FN2O2/c1-12(13-7-3-2-4-8-13)20-16(21)11-19-17(22)14-9-5-6-10-15(14)18/h2-10,12H,11H2,1H3,(H,19,22)(H,20,21)/t12-/m1/s1. The molecule has 0 aliphatic rings. The number of nitrogens with one attached hydrogen (secondary N) is 2. The molecule has 4 nitrogen and oxygen atoms in total. The van der Waals surface area contributed by atoms with Gasteiger partial charge < -0.3 is 10.6 Å². The lowest BCUT2D eigenvalue weighted by Crippen LogP contribution is -2.38. The highest BCUT2D eigenvalue weighted by Crippen LogP contribution is 2.10. The fraction of sp³-hybridized carbons (Fsp3) is 0.176. The van der Waals surface area contributed by atoms with E-state index in [0.717, 1.165) is 5.56 Å². The summed E-state index contributed by atoms with van der Waals surface area (Å²) in [5.74, 6) is -1.56. The molecule has 0 aromatic heterocycles. The first-order valence-corrected chi connectivity index (χ1v) is 6.95. The Balaban J connectivity index is 1.85. The maximum absolute atomic E-state index is 13.4. The van der Waals surface area contributed by atoms with Crippen molar-refractivity contribution in [3.8, 4) is 0 Å². The van der Waals surface area contributed by atoms with Crippen molar-refractivity contribution < 1.29 is 14.0 Å². The fourth-order valence-corrected chi connectivity index (χ4v) is 2.02. The Morgan fingerprint density at radius 3 is 2.36 bits per heavy atom. The van der Waals surface area contributed by atoms with Crippen molar-refractivity contribution in [3.63, 3.8) is 0 Å². The van der Waals surface area contributed by atoms with Crippen LogP contribution in [0.4, 0.5) is 4.39 Å². The van der Waals surface area contributed by atoms with E-state index in [9.17, 15) is 14.0 Å². The average molecular weight is 300 g/mol. The van der Waals surface area contributed by atoms with Crippen LogP contribution in [0.15, 0.2) is 54.6 Å². The van der Waals surface area contributed by atoms with Crippen molar-refractivity contribution in [2.45, 2.75) is 13.0 Å². The second kappa shape index (κ2) is 7.36. The number of halogens is 1. The molecule has 2 aromatic carbocycles. The van der Waals surface area contributed by atoms with Gasteiger partial charge in [0.2, 0.25) is 5.91 Å². The van der Waals surface area contributed by atoms with E-state index >= 15 is 0 Å². The molecule has 22 heavy (non-hydrogen) atoms. The van der Waals surface area contributed by atoms with Crippen LogP contribution in [-0.4, -0.2) is 18.4 Å². The molecule has 114 valence electrons. The molecular formula is C17H17FN2O2. The SMILES string of the molecule is C[C@@H](NC(=O)CNC(=O)c1ccccc1F)c1ccccc1. The summed E-state index contributed by atoms with van der Waals surface area (Å²) in [6, 6.07) is 14.9. The molecule has 5 heteroatoms. The molecular weight excluding hydrogens is 283 g/mol. The second-order valence-corrected chi connectivity index (χ2v) is 4.86. The third-order valence-corrected chi connectivity index (χ3v) is 3.21. The molecule has 0 spiro atoms. The third-order valence-electron chi connectivity index (χ3n) is 3.21. The molecule has 0 unspecified atom stereocenters. The van der Waals surface area contributed by atoms with Gasteiger partial charge in [-0.25, -0.2) is 4.39 Å². The van der Waals surface area contributed by atoms with Crippen molar-refractivity contribution in [3.05, 3.63) is 71.5 Å². The molecule has 2 aromatic rings. The van der Waals surface area contributed by atoms with E-state index in [1.165, 1.54) is 18.2 Å². The minimum absolute atomic E-state index is 0.0774. The smallest absolute Gasteiger partial charge is 0.254 e. The number of rotatable bonds is 5. The minimum Gasteiger partial charge on any atom is -0.348 e. The van der Waals surface area contributed by atoms with E-state index in [-0.39, 0.29) is 24.1 Å². The van der Waals surface area contributed by atoms with E-state index in [1.807, 2.05) is 37.3 Å². The lowest BCUT2D eigenvalue weighted by atomic mass is 10.1. The zero-order chi connectivity index (χ0) is 15.9. The lowest BCUT2D eigenvalue weighted by Gasteiger charge is -2.14. The molecule has 1 atom stereocenters. The molecule has 0 saturated heterocycles. The first-order chi connectivity index (χ1) is 10.6. The van der Waals surface area contributed by atoms with Crippen molar-refractivity contribution >= 4 is 11.8 Å². The van der Waals surface area contributed by atoms with E-state index in [0.29, 0.717) is 0 Å². The Kier molecular flexibility index (Phi) is 5.25. The molecule has 0 fully saturated rings. The maximum Gasteiger partial charge on any atom is 0.254 e. The number of amides is 2. The number of benzene rings is 2. The van der Waals surface area contributed by atoms with Gasteiger partial charge in [0.05, 0.1) is 18.2 Å². The molecule has 2 amide bonds. The van der Waals surface area contributed by atoms with Crippen molar-refractivity contribution in [1.82, 2.24) is 10.6 Å². The zero-order valence-corrected chi connectivity index (χ0v) is 12.2. The van der Waals surface area contributed by atoms with E-state index < -0.39 is 11.7 Å². The second-order valence-electron chi connectivity index (χ2n) is 4.86. The summed E-state index contributed by atoms with van der Waals surface area (Å²) in [5.41, 5.74) is 0.891. The maximum atomic E-state index is 13.4. The van der Waals surface area contributed by atoms with Crippen molar-refractivity contribution in [2.75, 3.05) is 6.54 Å². The van der Waals surface area contributed by atoms with Crippen LogP contribution >= 0.6 is 0 Å². The molecule has 0 heterocycles. The van der Waals surface area contributed by atoms with E-state index in [2.05, 4.69) is 10.6 Å². The van der Waals surface area contributed by atoms with Crippen LogP contribution in [0.1, 0.15) is 28.9 Å². The average Bonchev–Trinajstić information content (AvgIpc) is 2.54. The van der Waals surface area contributed by atoms with Crippen LogP contribution in [0.5, 0.6) is 0 Å². The first kappa shape index (κ1) is 15.7. The van der Waals surface area contributed by atoms with Crippen molar-refractivity contribution in [2.24, 2.45) is 0 Å². The predicted molar refractivity (Wildman–Crippen MR) is 81.7 cm³/mol. The predicted octanol–water partition coefficient (Wildman–Crippen LogP) is 2.43. The van der Waals surface area contributed by atoms with Crippen LogP contribution in [0.25, 0.3) is 0 Å². The molecule has 0 bridgehead atoms. The zero-order valence-electron chi connectivity index (χ0n) is 12.2. The van der Waals surface area contributed by atoms with Crippen molar-refractivity contribution in [1.29, 1.82) is 0 Å². The molecule has 2 rings (SSSR count). The highest BCUT2D eigenvalue weighted by molar-refractivity contribution is 5.96. The largest absolute Gasteiger partial charge is 0.348 e. The Morgan fingerprint density at radius 2 is 1.68 bits per heavy atom. The summed E-state index contributed by atoms with van der Waals surface area (Å²) in [5, 5.41) is 5.18. The van der Waals surface area contributed by atoms with Crippen LogP contribution < -0.4 is 10.6 Å². The van der Waals surface area contributed by atoms with Gasteiger partial charge in [-0.3, -0.25) is 9.59 Å². The Morgan fingerprint density at radius 1 is 1.05 bits per heavy atom. The Hall–Kier alpha value is -2.69. The molecule has 0 aliphatic heterocycles. The molecule has 0 aliphatic carbocycles. The monoisotopic (exact) mass is 300 g/mol. The molecule has 0 saturated carbocycles. The lowest BCUT2D eigenvalue weighted by molar-refractivity contribution is -0.120. The number of carbonyl (C=O) groups is 2. The van der Waals surface area contributed by atoms with Crippen LogP contribution in [-0.2, 0) is 4.79 Å². The topological polar surface area (TPSA) is 58.2 Å². The quantitative estimate of drug-likeness (QED) is 0.891. The summed E-state index contributed by atoms with van der Waals surface area (Å²) in [6.45, 7) is 1.65. The Labute approximate surface area is 128 Å². The summed E-state index contributed by atoms with van der Waals surface area (Å²) in [7, 11) is 0. The molecule has 2 N–H and O–H groups in total. The van der Waals surface area contributed by atoms with Gasteiger partial charge in [0.15, 0.2) is 0 Å². The summed E-state index contributed by atoms with van der Waals surface area (Å²) in [4.78, 5) is 23.6. The van der Waals surface area contributed by atoms with Gasteiger partial charge in [-0.1, -0.05) is 42.5 Å². The van der Waals surface area contributed by atoms with E-state index in [4.69, 9.17) is 0 Å². The van der Waals surface area contributed by atoms with Gasteiger partial charge in [-0.05, 0) is 24.6 Å². The van der Waals surface area contributed by atoms with Gasteiger partial charge in [0.25, 0.3) is 5.91 Å². The van der Waals surface area contributed by atoms with E-state index in [1.54, 1.807) is 6.07 Å². The normalized spacial score (nSPS) is 11.5. The Bertz CT molecular complexity index is 659. The van der Waals surface area contributed by atoms with Crippen LogP contribution in [0.2, 0.25) is 0 Å². The minimum atomic E-state index is -0.613. The molecule has 0 radical (unpaired) electrons. The first-order valence-electron chi connectivity index (χ1n) is 6.95. The van der Waals surface area contributed by atoms with Gasteiger partial charge in [-0.15, -0.1) is 0 Å². The van der Waals surface area contributed by atoms with Crippen LogP contribution in [0.3, 0.4) is 0 Å². The van der Waals surface area contributed by atoms with Gasteiger partial charge >= 0.3 is 0 Å². The number of hydrogen-bond acceptors (Lipinski definition) is 2. The van der Waals surface area contributed by atoms with Crippen LogP contribution in [0, 0.1) is 5.82 Å². The van der Waals surface area contributed by atoms with Gasteiger partial charge in [0, 0.05) is 0 Å². The third kappa shape index (κ3) is 4.15. The summed E-state index contributed by atoms with van der Waals surface area (Å²) in [6.07, 6.45) is 0. The summed E-state index contributed by atoms with van der Waals surface area (Å²) >= 11 is 0. The van der Waals surface area contributed by atoms with Gasteiger partial charge in [0.1, 0.15) is 5.82 Å². The number of carbonyl (C=O) groups excluding carboxylic acids is 2.